The minimum atomic E-state index is -0.483. The quantitative estimate of drug-likeness (QED) is 0.607. The molecule has 31 heavy (non-hydrogen) atoms. The Labute approximate surface area is 184 Å². The summed E-state index contributed by atoms with van der Waals surface area (Å²) in [6.45, 7) is 6.60. The molecule has 2 aromatic rings. The maximum absolute atomic E-state index is 12.4. The number of nitrogens with one attached hydrogen (secondary N) is 1. The van der Waals surface area contributed by atoms with E-state index in [9.17, 15) is 9.90 Å². The average molecular weight is 428 g/mol. The van der Waals surface area contributed by atoms with E-state index in [4.69, 9.17) is 9.47 Å². The molecule has 0 bridgehead atoms. The van der Waals surface area contributed by atoms with Gasteiger partial charge in [0.1, 0.15) is 0 Å². The minimum Gasteiger partial charge on any atom is -0.454 e. The summed E-state index contributed by atoms with van der Waals surface area (Å²) in [5, 5.41) is 13.5. The van der Waals surface area contributed by atoms with Crippen molar-refractivity contribution in [2.24, 2.45) is 0 Å². The van der Waals surface area contributed by atoms with Crippen molar-refractivity contribution in [3.63, 3.8) is 0 Å². The van der Waals surface area contributed by atoms with Crippen LogP contribution in [0.4, 0.5) is 5.69 Å². The highest BCUT2D eigenvalue weighted by Crippen LogP contribution is 2.32. The Morgan fingerprint density at radius 1 is 1.06 bits per heavy atom. The third kappa shape index (κ3) is 6.69. The van der Waals surface area contributed by atoms with Gasteiger partial charge in [0.05, 0.1) is 12.6 Å². The number of carbonyl (C=O) groups is 1. The number of nitrogens with zero attached hydrogens (tertiary/aromatic N) is 2. The molecule has 0 saturated heterocycles. The van der Waals surface area contributed by atoms with Gasteiger partial charge in [0.15, 0.2) is 11.5 Å². The summed E-state index contributed by atoms with van der Waals surface area (Å²) in [4.78, 5) is 16.5. The lowest BCUT2D eigenvalue weighted by atomic mass is 10.1. The van der Waals surface area contributed by atoms with Gasteiger partial charge in [-0.1, -0.05) is 24.3 Å². The number of likely N-dealkylation sites (N-methyl/N-ethyl adjacent to an activating group) is 2. The highest BCUT2D eigenvalue weighted by Gasteiger charge is 2.16. The van der Waals surface area contributed by atoms with E-state index in [0.29, 0.717) is 19.5 Å². The largest absolute Gasteiger partial charge is 0.454 e. The number of ether oxygens (including phenoxy) is 2. The molecule has 0 fully saturated rings. The molecule has 1 atom stereocenters. The molecular weight excluding hydrogens is 394 g/mol. The number of benzene rings is 2. The van der Waals surface area contributed by atoms with Crippen molar-refractivity contribution in [3.05, 3.63) is 53.1 Å². The van der Waals surface area contributed by atoms with E-state index < -0.39 is 6.10 Å². The van der Waals surface area contributed by atoms with Gasteiger partial charge >= 0.3 is 0 Å². The molecule has 1 unspecified atom stereocenters. The van der Waals surface area contributed by atoms with Crippen LogP contribution in [0.2, 0.25) is 0 Å². The maximum atomic E-state index is 12.4. The van der Waals surface area contributed by atoms with Crippen molar-refractivity contribution < 1.29 is 19.4 Å². The van der Waals surface area contributed by atoms with Gasteiger partial charge in [0.2, 0.25) is 12.7 Å². The Hall–Kier alpha value is -2.61. The van der Waals surface area contributed by atoms with Crippen molar-refractivity contribution in [2.45, 2.75) is 26.4 Å². The first kappa shape index (κ1) is 23.1. The van der Waals surface area contributed by atoms with Gasteiger partial charge in [0, 0.05) is 25.3 Å². The zero-order chi connectivity index (χ0) is 22.4. The van der Waals surface area contributed by atoms with Gasteiger partial charge in [-0.15, -0.1) is 0 Å². The molecule has 0 saturated carbocycles. The molecule has 0 radical (unpaired) electrons. The fraction of sp³-hybridized carbons (Fsp3) is 0.458. The lowest BCUT2D eigenvalue weighted by Gasteiger charge is -2.24. The first-order chi connectivity index (χ1) is 14.8. The van der Waals surface area contributed by atoms with Gasteiger partial charge in [-0.2, -0.15) is 0 Å². The predicted molar refractivity (Wildman–Crippen MR) is 122 cm³/mol. The highest BCUT2D eigenvalue weighted by molar-refractivity contribution is 5.93. The monoisotopic (exact) mass is 427 g/mol. The number of aryl methyl sites for hydroxylation is 2. The van der Waals surface area contributed by atoms with Crippen LogP contribution in [0.1, 0.15) is 16.7 Å². The number of para-hydroxylation sites is 1. The standard InChI is InChI=1S/C24H33N3O4/c1-17-6-5-7-18(2)24(17)25-23(29)15-27(4)11-10-26(3)14-20(28)12-19-8-9-21-22(13-19)31-16-30-21/h5-9,13,20,28H,10-12,14-16H2,1-4H3,(H,25,29). The van der Waals surface area contributed by atoms with E-state index >= 15 is 0 Å². The summed E-state index contributed by atoms with van der Waals surface area (Å²) in [6.07, 6.45) is 0.0673. The predicted octanol–water partition coefficient (Wildman–Crippen LogP) is 2.44. The summed E-state index contributed by atoms with van der Waals surface area (Å²) in [6, 6.07) is 11.7. The number of hydrogen-bond donors (Lipinski definition) is 2. The molecule has 0 aromatic heterocycles. The number of fused-ring (bicyclic) bond motifs is 1. The Morgan fingerprint density at radius 2 is 1.74 bits per heavy atom. The molecule has 1 heterocycles. The summed E-state index contributed by atoms with van der Waals surface area (Å²) in [5.41, 5.74) is 4.04. The molecule has 0 aliphatic carbocycles. The number of rotatable bonds is 10. The molecule has 2 N–H and O–H groups in total. The van der Waals surface area contributed by atoms with Crippen molar-refractivity contribution in [2.75, 3.05) is 52.4 Å². The van der Waals surface area contributed by atoms with Crippen molar-refractivity contribution in [3.8, 4) is 11.5 Å². The van der Waals surface area contributed by atoms with Crippen LogP contribution in [0.15, 0.2) is 36.4 Å². The molecule has 1 amide bonds. The number of hydrogen-bond acceptors (Lipinski definition) is 6. The minimum absolute atomic E-state index is 0.0228. The van der Waals surface area contributed by atoms with Gasteiger partial charge in [-0.25, -0.2) is 0 Å². The molecule has 7 heteroatoms. The molecule has 7 nitrogen and oxygen atoms in total. The Bertz CT molecular complexity index is 882. The summed E-state index contributed by atoms with van der Waals surface area (Å²) >= 11 is 0. The molecule has 0 spiro atoms. The Balaban J connectivity index is 1.38. The van der Waals surface area contributed by atoms with E-state index in [1.165, 1.54) is 0 Å². The zero-order valence-electron chi connectivity index (χ0n) is 18.9. The molecule has 3 rings (SSSR count). The van der Waals surface area contributed by atoms with Crippen LogP contribution in [0.25, 0.3) is 0 Å². The second-order valence-corrected chi connectivity index (χ2v) is 8.36. The summed E-state index contributed by atoms with van der Waals surface area (Å²) in [5.74, 6) is 1.46. The Morgan fingerprint density at radius 3 is 2.48 bits per heavy atom. The normalized spacial score (nSPS) is 13.6. The van der Waals surface area contributed by atoms with Crippen molar-refractivity contribution >= 4 is 11.6 Å². The number of aliphatic hydroxyl groups is 1. The lowest BCUT2D eigenvalue weighted by molar-refractivity contribution is -0.117. The first-order valence-electron chi connectivity index (χ1n) is 10.6. The van der Waals surface area contributed by atoms with Crippen LogP contribution in [0.5, 0.6) is 11.5 Å². The number of aliphatic hydroxyl groups excluding tert-OH is 1. The fourth-order valence-electron chi connectivity index (χ4n) is 3.71. The van der Waals surface area contributed by atoms with Crippen LogP contribution in [0, 0.1) is 13.8 Å². The molecule has 2 aromatic carbocycles. The smallest absolute Gasteiger partial charge is 0.238 e. The van der Waals surface area contributed by atoms with E-state index in [1.807, 2.05) is 69.2 Å². The number of amides is 1. The number of anilines is 1. The average Bonchev–Trinajstić information content (AvgIpc) is 3.17. The van der Waals surface area contributed by atoms with E-state index in [-0.39, 0.29) is 12.7 Å². The van der Waals surface area contributed by atoms with E-state index in [1.54, 1.807) is 0 Å². The third-order valence-electron chi connectivity index (χ3n) is 5.45. The van der Waals surface area contributed by atoms with Gasteiger partial charge < -0.3 is 24.8 Å². The summed E-state index contributed by atoms with van der Waals surface area (Å²) < 4.78 is 10.7. The van der Waals surface area contributed by atoms with Crippen LogP contribution < -0.4 is 14.8 Å². The van der Waals surface area contributed by atoms with Crippen LogP contribution >= 0.6 is 0 Å². The van der Waals surface area contributed by atoms with Crippen LogP contribution in [-0.4, -0.2) is 74.0 Å². The second-order valence-electron chi connectivity index (χ2n) is 8.36. The second kappa shape index (κ2) is 10.6. The molecule has 1 aliphatic heterocycles. The maximum Gasteiger partial charge on any atom is 0.238 e. The molecule has 1 aliphatic rings. The van der Waals surface area contributed by atoms with E-state index in [0.717, 1.165) is 47.0 Å². The fourth-order valence-corrected chi connectivity index (χ4v) is 3.71. The lowest BCUT2D eigenvalue weighted by Crippen LogP contribution is -2.38. The summed E-state index contributed by atoms with van der Waals surface area (Å²) in [7, 11) is 3.91. The van der Waals surface area contributed by atoms with Gasteiger partial charge in [-0.05, 0) is 63.2 Å². The zero-order valence-corrected chi connectivity index (χ0v) is 18.9. The molecular formula is C24H33N3O4. The highest BCUT2D eigenvalue weighted by atomic mass is 16.7. The van der Waals surface area contributed by atoms with Crippen molar-refractivity contribution in [1.82, 2.24) is 9.80 Å². The SMILES string of the molecule is Cc1cccc(C)c1NC(=O)CN(C)CCN(C)CC(O)Cc1ccc2c(c1)OCO2. The van der Waals surface area contributed by atoms with Crippen LogP contribution in [-0.2, 0) is 11.2 Å². The van der Waals surface area contributed by atoms with Crippen LogP contribution in [0.3, 0.4) is 0 Å². The number of carbonyl (C=O) groups excluding carboxylic acids is 1. The molecule has 168 valence electrons. The Kier molecular flexibility index (Phi) is 7.90. The van der Waals surface area contributed by atoms with Crippen molar-refractivity contribution in [1.29, 1.82) is 0 Å². The first-order valence-corrected chi connectivity index (χ1v) is 10.6. The van der Waals surface area contributed by atoms with E-state index in [2.05, 4.69) is 10.2 Å². The van der Waals surface area contributed by atoms with Gasteiger partial charge in [0.25, 0.3) is 0 Å². The topological polar surface area (TPSA) is 74.3 Å². The third-order valence-corrected chi connectivity index (χ3v) is 5.45. The van der Waals surface area contributed by atoms with Gasteiger partial charge in [-0.3, -0.25) is 9.69 Å².